The smallest absolute Gasteiger partial charge is 0.423 e. The van der Waals surface area contributed by atoms with Crippen molar-refractivity contribution in [3.8, 4) is 0 Å². The zero-order valence-electron chi connectivity index (χ0n) is 10.1. The second-order valence-corrected chi connectivity index (χ2v) is 3.74. The highest BCUT2D eigenvalue weighted by Crippen LogP contribution is 1.96. The lowest BCUT2D eigenvalue weighted by Crippen LogP contribution is -2.36. The number of carbonyl (C=O) groups is 1. The third kappa shape index (κ3) is 4.71. The Bertz CT molecular complexity index is 410. The summed E-state index contributed by atoms with van der Waals surface area (Å²) < 4.78 is 0. The molecule has 0 aliphatic rings. The minimum atomic E-state index is -1.47. The Labute approximate surface area is 107 Å². The third-order valence-electron chi connectivity index (χ3n) is 2.44. The Kier molecular flexibility index (Phi) is 6.14. The van der Waals surface area contributed by atoms with Gasteiger partial charge in [0, 0.05) is 19.6 Å². The molecule has 0 radical (unpaired) electrons. The van der Waals surface area contributed by atoms with Crippen molar-refractivity contribution in [2.75, 3.05) is 13.1 Å². The summed E-state index contributed by atoms with van der Waals surface area (Å²) in [6.45, 7) is 4.95. The predicted molar refractivity (Wildman–Crippen MR) is 71.2 cm³/mol. The van der Waals surface area contributed by atoms with Crippen LogP contribution in [0, 0.1) is 0 Å². The van der Waals surface area contributed by atoms with E-state index in [0.29, 0.717) is 25.1 Å². The van der Waals surface area contributed by atoms with Crippen LogP contribution >= 0.6 is 0 Å². The summed E-state index contributed by atoms with van der Waals surface area (Å²) in [5.74, 6) is -0.206. The van der Waals surface area contributed by atoms with E-state index in [1.54, 1.807) is 12.1 Å². The maximum Gasteiger partial charge on any atom is 0.488 e. The van der Waals surface area contributed by atoms with Gasteiger partial charge in [-0.15, -0.1) is 0 Å². The standard InChI is InChI=1S/C12H17BN2O3/c1-2-12(16)15-8-7-14-9-10-5-3-4-6-11(10)13(17)18/h2-6,14,17-18H,1,7-9H2,(H,15,16). The molecule has 5 nitrogen and oxygen atoms in total. The molecule has 6 heteroatoms. The third-order valence-corrected chi connectivity index (χ3v) is 2.44. The van der Waals surface area contributed by atoms with E-state index >= 15 is 0 Å². The Hall–Kier alpha value is -1.63. The van der Waals surface area contributed by atoms with Gasteiger partial charge in [0.15, 0.2) is 0 Å². The van der Waals surface area contributed by atoms with Crippen molar-refractivity contribution in [2.45, 2.75) is 6.54 Å². The summed E-state index contributed by atoms with van der Waals surface area (Å²) in [5, 5.41) is 24.1. The Balaban J connectivity index is 2.35. The average Bonchev–Trinajstić information content (AvgIpc) is 2.38. The van der Waals surface area contributed by atoms with Crippen LogP contribution in [0.15, 0.2) is 36.9 Å². The van der Waals surface area contributed by atoms with E-state index < -0.39 is 7.12 Å². The summed E-state index contributed by atoms with van der Waals surface area (Å²) >= 11 is 0. The fourth-order valence-corrected chi connectivity index (χ4v) is 1.52. The van der Waals surface area contributed by atoms with E-state index in [9.17, 15) is 14.8 Å². The quantitative estimate of drug-likeness (QED) is 0.276. The number of amides is 1. The first-order valence-electron chi connectivity index (χ1n) is 5.70. The molecule has 4 N–H and O–H groups in total. The lowest BCUT2D eigenvalue weighted by Gasteiger charge is -2.10. The van der Waals surface area contributed by atoms with Crippen molar-refractivity contribution in [2.24, 2.45) is 0 Å². The summed E-state index contributed by atoms with van der Waals surface area (Å²) in [7, 11) is -1.47. The molecule has 0 heterocycles. The number of hydrogen-bond donors (Lipinski definition) is 4. The molecular formula is C12H17BN2O3. The van der Waals surface area contributed by atoms with Crippen LogP contribution in [0.5, 0.6) is 0 Å². The molecule has 96 valence electrons. The zero-order chi connectivity index (χ0) is 13.4. The molecule has 1 aromatic carbocycles. The van der Waals surface area contributed by atoms with Crippen molar-refractivity contribution >= 4 is 18.5 Å². The van der Waals surface area contributed by atoms with Crippen LogP contribution in [0.3, 0.4) is 0 Å². The average molecular weight is 248 g/mol. The van der Waals surface area contributed by atoms with Crippen molar-refractivity contribution < 1.29 is 14.8 Å². The molecule has 1 rings (SSSR count). The van der Waals surface area contributed by atoms with E-state index in [0.717, 1.165) is 5.56 Å². The van der Waals surface area contributed by atoms with Crippen LogP contribution in [0.25, 0.3) is 0 Å². The molecule has 0 aliphatic carbocycles. The largest absolute Gasteiger partial charge is 0.488 e. The van der Waals surface area contributed by atoms with Gasteiger partial charge in [-0.1, -0.05) is 30.8 Å². The van der Waals surface area contributed by atoms with Gasteiger partial charge in [-0.2, -0.15) is 0 Å². The Morgan fingerprint density at radius 3 is 2.72 bits per heavy atom. The van der Waals surface area contributed by atoms with Gasteiger partial charge in [0.05, 0.1) is 0 Å². The first kappa shape index (κ1) is 14.4. The summed E-state index contributed by atoms with van der Waals surface area (Å²) in [4.78, 5) is 10.9. The molecule has 0 saturated heterocycles. The number of rotatable bonds is 7. The van der Waals surface area contributed by atoms with Crippen molar-refractivity contribution in [1.29, 1.82) is 0 Å². The first-order chi connectivity index (χ1) is 8.65. The number of benzene rings is 1. The first-order valence-corrected chi connectivity index (χ1v) is 5.70. The lowest BCUT2D eigenvalue weighted by atomic mass is 9.77. The Morgan fingerprint density at radius 2 is 2.06 bits per heavy atom. The highest BCUT2D eigenvalue weighted by molar-refractivity contribution is 6.59. The molecule has 0 spiro atoms. The molecule has 1 amide bonds. The monoisotopic (exact) mass is 248 g/mol. The van der Waals surface area contributed by atoms with Crippen LogP contribution in [0.2, 0.25) is 0 Å². The van der Waals surface area contributed by atoms with Gasteiger partial charge in [0.25, 0.3) is 0 Å². The van der Waals surface area contributed by atoms with Gasteiger partial charge in [0.2, 0.25) is 5.91 Å². The van der Waals surface area contributed by atoms with Gasteiger partial charge >= 0.3 is 7.12 Å². The number of nitrogens with one attached hydrogen (secondary N) is 2. The van der Waals surface area contributed by atoms with Gasteiger partial charge in [-0.3, -0.25) is 4.79 Å². The fourth-order valence-electron chi connectivity index (χ4n) is 1.52. The summed E-state index contributed by atoms with van der Waals surface area (Å²) in [6, 6.07) is 7.08. The van der Waals surface area contributed by atoms with E-state index in [-0.39, 0.29) is 5.91 Å². The van der Waals surface area contributed by atoms with E-state index in [1.165, 1.54) is 6.08 Å². The van der Waals surface area contributed by atoms with Crippen LogP contribution < -0.4 is 16.1 Å². The molecule has 0 fully saturated rings. The van der Waals surface area contributed by atoms with Crippen LogP contribution in [0.1, 0.15) is 5.56 Å². The molecular weight excluding hydrogens is 231 g/mol. The Morgan fingerprint density at radius 1 is 1.33 bits per heavy atom. The van der Waals surface area contributed by atoms with E-state index in [2.05, 4.69) is 17.2 Å². The molecule has 0 aliphatic heterocycles. The van der Waals surface area contributed by atoms with Crippen LogP contribution in [0.4, 0.5) is 0 Å². The van der Waals surface area contributed by atoms with Gasteiger partial charge in [-0.25, -0.2) is 0 Å². The van der Waals surface area contributed by atoms with Gasteiger partial charge in [0.1, 0.15) is 0 Å². The minimum Gasteiger partial charge on any atom is -0.423 e. The van der Waals surface area contributed by atoms with E-state index in [4.69, 9.17) is 0 Å². The van der Waals surface area contributed by atoms with Crippen LogP contribution in [-0.4, -0.2) is 36.2 Å². The predicted octanol–water partition coefficient (Wildman–Crippen LogP) is -1.24. The topological polar surface area (TPSA) is 81.6 Å². The normalized spacial score (nSPS) is 9.89. The highest BCUT2D eigenvalue weighted by atomic mass is 16.4. The zero-order valence-corrected chi connectivity index (χ0v) is 10.1. The second-order valence-electron chi connectivity index (χ2n) is 3.74. The molecule has 18 heavy (non-hydrogen) atoms. The second kappa shape index (κ2) is 7.65. The van der Waals surface area contributed by atoms with Crippen LogP contribution in [-0.2, 0) is 11.3 Å². The fraction of sp³-hybridized carbons (Fsp3) is 0.250. The van der Waals surface area contributed by atoms with Gasteiger partial charge in [-0.05, 0) is 17.1 Å². The molecule has 0 aromatic heterocycles. The minimum absolute atomic E-state index is 0.206. The highest BCUT2D eigenvalue weighted by Gasteiger charge is 2.14. The molecule has 0 atom stereocenters. The van der Waals surface area contributed by atoms with Crippen molar-refractivity contribution in [3.63, 3.8) is 0 Å². The summed E-state index contributed by atoms with van der Waals surface area (Å²) in [6.07, 6.45) is 1.22. The molecule has 1 aromatic rings. The summed E-state index contributed by atoms with van der Waals surface area (Å²) in [5.41, 5.74) is 1.31. The molecule has 0 unspecified atom stereocenters. The van der Waals surface area contributed by atoms with Crippen molar-refractivity contribution in [3.05, 3.63) is 42.5 Å². The SMILES string of the molecule is C=CC(=O)NCCNCc1ccccc1B(O)O. The maximum absolute atomic E-state index is 10.9. The number of hydrogen-bond acceptors (Lipinski definition) is 4. The van der Waals surface area contributed by atoms with Crippen molar-refractivity contribution in [1.82, 2.24) is 10.6 Å². The lowest BCUT2D eigenvalue weighted by molar-refractivity contribution is -0.116. The number of carbonyl (C=O) groups excluding carboxylic acids is 1. The maximum atomic E-state index is 10.9. The van der Waals surface area contributed by atoms with E-state index in [1.807, 2.05) is 12.1 Å². The molecule has 0 saturated carbocycles. The van der Waals surface area contributed by atoms with Gasteiger partial charge < -0.3 is 20.7 Å². The molecule has 0 bridgehead atoms.